The second kappa shape index (κ2) is 2.74. The van der Waals surface area contributed by atoms with E-state index in [1.807, 2.05) is 13.8 Å². The van der Waals surface area contributed by atoms with Crippen molar-refractivity contribution in [3.8, 4) is 0 Å². The number of carbonyl (C=O) groups is 1. The third kappa shape index (κ3) is 1.39. The number of carboxylic acid groups (broad SMARTS) is 1. The van der Waals surface area contributed by atoms with Gasteiger partial charge in [-0.05, 0) is 0 Å². The molecule has 4 nitrogen and oxygen atoms in total. The number of hydrogen-bond acceptors (Lipinski definition) is 4. The van der Waals surface area contributed by atoms with E-state index in [0.29, 0.717) is 5.76 Å². The molecule has 0 aliphatic carbocycles. The third-order valence-corrected chi connectivity index (χ3v) is 1.34. The summed E-state index contributed by atoms with van der Waals surface area (Å²) in [6, 6.07) is 0. The fraction of sp³-hybridized carbons (Fsp3) is 0.429. The van der Waals surface area contributed by atoms with E-state index in [2.05, 4.69) is 5.16 Å². The average Bonchev–Trinajstić information content (AvgIpc) is 2.32. The predicted molar refractivity (Wildman–Crippen MR) is 34.9 cm³/mol. The number of carbonyl (C=O) groups excluding carboxylic acids is 1. The fourth-order valence-electron chi connectivity index (χ4n) is 0.818. The molecule has 0 bridgehead atoms. The van der Waals surface area contributed by atoms with E-state index in [-0.39, 0.29) is 11.5 Å². The number of rotatable bonds is 2. The number of aromatic carboxylic acids is 1. The van der Waals surface area contributed by atoms with E-state index in [0.717, 1.165) is 6.20 Å². The molecule has 0 aromatic carbocycles. The summed E-state index contributed by atoms with van der Waals surface area (Å²) >= 11 is 0. The molecule has 0 aliphatic rings. The summed E-state index contributed by atoms with van der Waals surface area (Å²) in [7, 11) is 0. The van der Waals surface area contributed by atoms with Crippen LogP contribution in [0.25, 0.3) is 0 Å². The summed E-state index contributed by atoms with van der Waals surface area (Å²) in [5.41, 5.74) is 0.0417. The van der Waals surface area contributed by atoms with Crippen molar-refractivity contribution < 1.29 is 14.4 Å². The van der Waals surface area contributed by atoms with Crippen LogP contribution in [0.1, 0.15) is 35.9 Å². The smallest absolute Gasteiger partial charge is 0.148 e. The van der Waals surface area contributed by atoms with Gasteiger partial charge < -0.3 is 14.4 Å². The van der Waals surface area contributed by atoms with E-state index in [9.17, 15) is 9.90 Å². The van der Waals surface area contributed by atoms with Gasteiger partial charge in [0.05, 0.1) is 17.7 Å². The predicted octanol–water partition coefficient (Wildman–Crippen LogP) is 0.161. The summed E-state index contributed by atoms with van der Waals surface area (Å²) in [6.07, 6.45) is 1.16. The van der Waals surface area contributed by atoms with Gasteiger partial charge in [-0.2, -0.15) is 0 Å². The van der Waals surface area contributed by atoms with Crippen LogP contribution in [-0.4, -0.2) is 11.1 Å². The van der Waals surface area contributed by atoms with Gasteiger partial charge in [0.25, 0.3) is 0 Å². The quantitative estimate of drug-likeness (QED) is 0.608. The lowest BCUT2D eigenvalue weighted by Gasteiger charge is -2.02. The first-order valence-corrected chi connectivity index (χ1v) is 3.29. The van der Waals surface area contributed by atoms with Crippen molar-refractivity contribution in [3.63, 3.8) is 0 Å². The Morgan fingerprint density at radius 1 is 1.73 bits per heavy atom. The van der Waals surface area contributed by atoms with Crippen LogP contribution in [0.4, 0.5) is 0 Å². The molecule has 0 aliphatic heterocycles. The average molecular weight is 154 g/mol. The minimum atomic E-state index is -1.24. The zero-order valence-corrected chi connectivity index (χ0v) is 6.33. The summed E-state index contributed by atoms with van der Waals surface area (Å²) < 4.78 is 4.72. The zero-order chi connectivity index (χ0) is 8.43. The highest BCUT2D eigenvalue weighted by atomic mass is 16.5. The lowest BCUT2D eigenvalue weighted by atomic mass is 10.1. The molecule has 1 heterocycles. The number of hydrogen-bond donors (Lipinski definition) is 0. The van der Waals surface area contributed by atoms with E-state index < -0.39 is 5.97 Å². The van der Waals surface area contributed by atoms with Crippen LogP contribution < -0.4 is 5.11 Å². The number of carboxylic acids is 1. The molecule has 1 aromatic heterocycles. The van der Waals surface area contributed by atoms with E-state index in [4.69, 9.17) is 4.52 Å². The van der Waals surface area contributed by atoms with Gasteiger partial charge in [-0.15, -0.1) is 0 Å². The zero-order valence-electron chi connectivity index (χ0n) is 6.33. The molecule has 0 radical (unpaired) electrons. The number of nitrogens with zero attached hydrogens (tertiary/aromatic N) is 1. The van der Waals surface area contributed by atoms with Crippen LogP contribution in [0.3, 0.4) is 0 Å². The van der Waals surface area contributed by atoms with E-state index in [1.165, 1.54) is 0 Å². The lowest BCUT2D eigenvalue weighted by molar-refractivity contribution is -0.255. The highest BCUT2D eigenvalue weighted by Gasteiger charge is 2.11. The van der Waals surface area contributed by atoms with Crippen LogP contribution in [-0.2, 0) is 0 Å². The van der Waals surface area contributed by atoms with Gasteiger partial charge in [0, 0.05) is 5.92 Å². The summed E-state index contributed by atoms with van der Waals surface area (Å²) in [5, 5.41) is 13.7. The van der Waals surface area contributed by atoms with Crippen LogP contribution in [0.5, 0.6) is 0 Å². The van der Waals surface area contributed by atoms with Gasteiger partial charge >= 0.3 is 0 Å². The largest absolute Gasteiger partial charge is 0.545 e. The Bertz CT molecular complexity index is 264. The molecule has 11 heavy (non-hydrogen) atoms. The Morgan fingerprint density at radius 2 is 2.36 bits per heavy atom. The highest BCUT2D eigenvalue weighted by Crippen LogP contribution is 2.17. The van der Waals surface area contributed by atoms with Crippen molar-refractivity contribution in [1.29, 1.82) is 0 Å². The Hall–Kier alpha value is -1.32. The molecule has 0 fully saturated rings. The molecule has 1 rings (SSSR count). The molecule has 0 saturated carbocycles. The molecule has 60 valence electrons. The van der Waals surface area contributed by atoms with Crippen molar-refractivity contribution >= 4 is 5.97 Å². The molecule has 0 N–H and O–H groups in total. The SMILES string of the molecule is CC(C)c1oncc1C(=O)[O-]. The second-order valence-corrected chi connectivity index (χ2v) is 2.55. The van der Waals surface area contributed by atoms with Crippen LogP contribution in [0.2, 0.25) is 0 Å². The van der Waals surface area contributed by atoms with Gasteiger partial charge in [-0.25, -0.2) is 0 Å². The molecular formula is C7H8NO3-. The topological polar surface area (TPSA) is 66.2 Å². The second-order valence-electron chi connectivity index (χ2n) is 2.55. The summed E-state index contributed by atoms with van der Waals surface area (Å²) in [5.74, 6) is -0.856. The molecule has 0 saturated heterocycles. The van der Waals surface area contributed by atoms with Gasteiger partial charge in [-0.3, -0.25) is 0 Å². The van der Waals surface area contributed by atoms with Crippen LogP contribution in [0.15, 0.2) is 10.7 Å². The van der Waals surface area contributed by atoms with Crippen molar-refractivity contribution in [2.75, 3.05) is 0 Å². The Kier molecular flexibility index (Phi) is 1.94. The molecule has 0 spiro atoms. The summed E-state index contributed by atoms with van der Waals surface area (Å²) in [6.45, 7) is 3.65. The van der Waals surface area contributed by atoms with Crippen LogP contribution >= 0.6 is 0 Å². The minimum Gasteiger partial charge on any atom is -0.545 e. The summed E-state index contributed by atoms with van der Waals surface area (Å²) in [4.78, 5) is 10.4. The molecule has 1 aromatic rings. The van der Waals surface area contributed by atoms with Gasteiger partial charge in [-0.1, -0.05) is 19.0 Å². The monoisotopic (exact) mass is 154 g/mol. The number of aromatic nitrogens is 1. The lowest BCUT2D eigenvalue weighted by Crippen LogP contribution is -2.23. The van der Waals surface area contributed by atoms with Gasteiger partial charge in [0.1, 0.15) is 5.76 Å². The Balaban J connectivity index is 3.06. The fourth-order valence-corrected chi connectivity index (χ4v) is 0.818. The van der Waals surface area contributed by atoms with Crippen molar-refractivity contribution in [1.82, 2.24) is 5.16 Å². The van der Waals surface area contributed by atoms with Gasteiger partial charge in [0.2, 0.25) is 0 Å². The van der Waals surface area contributed by atoms with Crippen LogP contribution in [0, 0.1) is 0 Å². The molecule has 0 unspecified atom stereocenters. The first kappa shape index (κ1) is 7.78. The molecule has 0 atom stereocenters. The van der Waals surface area contributed by atoms with E-state index in [1.54, 1.807) is 0 Å². The highest BCUT2D eigenvalue weighted by molar-refractivity contribution is 5.86. The maximum absolute atomic E-state index is 10.4. The Labute approximate surface area is 63.8 Å². The molecule has 4 heteroatoms. The van der Waals surface area contributed by atoms with E-state index >= 15 is 0 Å². The first-order valence-electron chi connectivity index (χ1n) is 3.29. The van der Waals surface area contributed by atoms with Crippen molar-refractivity contribution in [3.05, 3.63) is 17.5 Å². The maximum Gasteiger partial charge on any atom is 0.148 e. The van der Waals surface area contributed by atoms with Gasteiger partial charge in [0.15, 0.2) is 0 Å². The standard InChI is InChI=1S/C7H9NO3/c1-4(2)6-5(7(9)10)3-8-11-6/h3-4H,1-2H3,(H,9,10)/p-1. The third-order valence-electron chi connectivity index (χ3n) is 1.34. The maximum atomic E-state index is 10.4. The molecule has 0 amide bonds. The molecular weight excluding hydrogens is 146 g/mol. The van der Waals surface area contributed by atoms with Crippen molar-refractivity contribution in [2.24, 2.45) is 0 Å². The minimum absolute atomic E-state index is 0.0189. The first-order chi connectivity index (χ1) is 5.13. The van der Waals surface area contributed by atoms with Crippen molar-refractivity contribution in [2.45, 2.75) is 19.8 Å². The Morgan fingerprint density at radius 3 is 2.73 bits per heavy atom. The normalized spacial score (nSPS) is 10.5.